The zero-order valence-electron chi connectivity index (χ0n) is 27.2. The number of anilines is 1. The highest BCUT2D eigenvalue weighted by atomic mass is 35.5. The second-order valence-electron chi connectivity index (χ2n) is 13.4. The molecular formula is C36H44Cl2N2O5S. The van der Waals surface area contributed by atoms with Crippen molar-refractivity contribution in [1.82, 2.24) is 4.90 Å². The van der Waals surface area contributed by atoms with Gasteiger partial charge in [-0.1, -0.05) is 68.2 Å². The number of carbonyl (C=O) groups is 2. The van der Waals surface area contributed by atoms with Crippen molar-refractivity contribution in [3.05, 3.63) is 99.5 Å². The first-order valence-corrected chi connectivity index (χ1v) is 18.1. The third kappa shape index (κ3) is 8.20. The molecule has 10 heteroatoms. The van der Waals surface area contributed by atoms with E-state index in [1.54, 1.807) is 56.3 Å². The standard InChI is InChI=1S/C36H44Cl2N2O5S/c1-22(2)32(21-46(44,45)23(3)4)40-34(26-10-14-28(37)15-11-26)31(27-8-7-9-29(38)18-27)19-36(6,35(40)43)20-33(42)39-30-16-12-25(13-17-30)24(5)41/h7-18,22-23,31-32,34-35,43H,19-21H2,1-6H3,(H,39,42)/t31-,32-,34-,35?,36-/m1/s1. The predicted octanol–water partition coefficient (Wildman–Crippen LogP) is 7.93. The van der Waals surface area contributed by atoms with Crippen LogP contribution in [-0.4, -0.2) is 53.4 Å². The van der Waals surface area contributed by atoms with E-state index in [2.05, 4.69) is 5.32 Å². The van der Waals surface area contributed by atoms with E-state index in [0.29, 0.717) is 27.7 Å². The van der Waals surface area contributed by atoms with Crippen molar-refractivity contribution in [2.75, 3.05) is 11.1 Å². The Bertz CT molecular complexity index is 1640. The lowest BCUT2D eigenvalue weighted by Crippen LogP contribution is -2.61. The molecular weight excluding hydrogens is 643 g/mol. The summed E-state index contributed by atoms with van der Waals surface area (Å²) in [5.74, 6) is -0.954. The molecule has 1 aliphatic heterocycles. The van der Waals surface area contributed by atoms with E-state index < -0.39 is 38.8 Å². The minimum atomic E-state index is -3.53. The molecule has 248 valence electrons. The molecule has 0 radical (unpaired) electrons. The van der Waals surface area contributed by atoms with Gasteiger partial charge in [-0.15, -0.1) is 0 Å². The number of sulfone groups is 1. The highest BCUT2D eigenvalue weighted by molar-refractivity contribution is 7.92. The fourth-order valence-electron chi connectivity index (χ4n) is 6.51. The number of hydrogen-bond donors (Lipinski definition) is 2. The first-order chi connectivity index (χ1) is 21.5. The number of carbonyl (C=O) groups excluding carboxylic acids is 2. The Kier molecular flexibility index (Phi) is 11.4. The summed E-state index contributed by atoms with van der Waals surface area (Å²) in [5, 5.41) is 15.9. The zero-order valence-corrected chi connectivity index (χ0v) is 29.5. The van der Waals surface area contributed by atoms with E-state index in [0.717, 1.165) is 11.1 Å². The van der Waals surface area contributed by atoms with Gasteiger partial charge in [-0.25, -0.2) is 8.42 Å². The number of Topliss-reactive ketones (excluding diaryl/α,β-unsaturated/α-hetero) is 1. The van der Waals surface area contributed by atoms with Crippen molar-refractivity contribution in [3.8, 4) is 0 Å². The Labute approximate surface area is 283 Å². The molecule has 1 heterocycles. The molecule has 0 aromatic heterocycles. The number of halogens is 2. The van der Waals surface area contributed by atoms with Crippen molar-refractivity contribution in [2.45, 2.75) is 83.9 Å². The Morgan fingerprint density at radius 1 is 0.957 bits per heavy atom. The molecule has 0 saturated carbocycles. The maximum atomic E-state index is 13.6. The Balaban J connectivity index is 1.84. The summed E-state index contributed by atoms with van der Waals surface area (Å²) in [5.41, 5.74) is 1.88. The summed E-state index contributed by atoms with van der Waals surface area (Å²) in [7, 11) is -3.53. The molecule has 0 spiro atoms. The van der Waals surface area contributed by atoms with E-state index >= 15 is 0 Å². The molecule has 1 saturated heterocycles. The van der Waals surface area contributed by atoms with Crippen LogP contribution in [0.4, 0.5) is 5.69 Å². The number of rotatable bonds is 11. The molecule has 3 aromatic rings. The fraction of sp³-hybridized carbons (Fsp3) is 0.444. The molecule has 5 atom stereocenters. The largest absolute Gasteiger partial charge is 0.378 e. The number of hydrogen-bond acceptors (Lipinski definition) is 6. The molecule has 0 aliphatic carbocycles. The van der Waals surface area contributed by atoms with Gasteiger partial charge in [0.05, 0.1) is 11.0 Å². The highest BCUT2D eigenvalue weighted by Gasteiger charge is 2.53. The SMILES string of the molecule is CC(=O)c1ccc(NC(=O)C[C@@]2(C)C[C@H](c3cccc(Cl)c3)[C@@H](c3ccc(Cl)cc3)N([C@H](CS(=O)(=O)C(C)C)C(C)C)C2O)cc1. The molecule has 1 unspecified atom stereocenters. The minimum absolute atomic E-state index is 0.0364. The predicted molar refractivity (Wildman–Crippen MR) is 186 cm³/mol. The monoisotopic (exact) mass is 686 g/mol. The molecule has 7 nitrogen and oxygen atoms in total. The van der Waals surface area contributed by atoms with Crippen LogP contribution >= 0.6 is 23.2 Å². The second-order valence-corrected chi connectivity index (χ2v) is 16.9. The van der Waals surface area contributed by atoms with Crippen molar-refractivity contribution in [1.29, 1.82) is 0 Å². The van der Waals surface area contributed by atoms with Crippen molar-refractivity contribution < 1.29 is 23.1 Å². The van der Waals surface area contributed by atoms with Crippen molar-refractivity contribution in [2.24, 2.45) is 11.3 Å². The average Bonchev–Trinajstić information content (AvgIpc) is 2.98. The third-order valence-corrected chi connectivity index (χ3v) is 11.9. The van der Waals surface area contributed by atoms with Gasteiger partial charge in [0.25, 0.3) is 0 Å². The van der Waals surface area contributed by atoms with Crippen LogP contribution in [0.3, 0.4) is 0 Å². The van der Waals surface area contributed by atoms with Crippen LogP contribution < -0.4 is 5.32 Å². The number of amides is 1. The number of likely N-dealkylation sites (tertiary alicyclic amines) is 1. The van der Waals surface area contributed by atoms with Crippen LogP contribution in [0.15, 0.2) is 72.8 Å². The third-order valence-electron chi connectivity index (χ3n) is 9.20. The minimum Gasteiger partial charge on any atom is -0.378 e. The van der Waals surface area contributed by atoms with Gasteiger partial charge in [0, 0.05) is 51.1 Å². The maximum Gasteiger partial charge on any atom is 0.225 e. The molecule has 1 fully saturated rings. The Morgan fingerprint density at radius 2 is 1.59 bits per heavy atom. The summed E-state index contributed by atoms with van der Waals surface area (Å²) in [6.07, 6.45) is -0.800. The van der Waals surface area contributed by atoms with E-state index in [9.17, 15) is 23.1 Å². The van der Waals surface area contributed by atoms with Crippen molar-refractivity contribution >= 4 is 50.4 Å². The average molecular weight is 688 g/mol. The lowest BCUT2D eigenvalue weighted by Gasteiger charge is -2.56. The van der Waals surface area contributed by atoms with E-state index in [1.807, 2.05) is 56.0 Å². The van der Waals surface area contributed by atoms with Gasteiger partial charge in [-0.2, -0.15) is 0 Å². The van der Waals surface area contributed by atoms with Gasteiger partial charge in [0.15, 0.2) is 15.6 Å². The normalized spacial score (nSPS) is 23.0. The number of aliphatic hydroxyl groups excluding tert-OH is 1. The van der Waals surface area contributed by atoms with Gasteiger partial charge >= 0.3 is 0 Å². The van der Waals surface area contributed by atoms with Gasteiger partial charge in [0.1, 0.15) is 6.23 Å². The van der Waals surface area contributed by atoms with Gasteiger partial charge in [-0.3, -0.25) is 14.5 Å². The molecule has 2 N–H and O–H groups in total. The highest BCUT2D eigenvalue weighted by Crippen LogP contribution is 2.54. The first-order valence-electron chi connectivity index (χ1n) is 15.6. The number of aliphatic hydroxyl groups is 1. The molecule has 3 aromatic carbocycles. The summed E-state index contributed by atoms with van der Waals surface area (Å²) < 4.78 is 26.9. The molecule has 4 rings (SSSR count). The lowest BCUT2D eigenvalue weighted by molar-refractivity contribution is -0.173. The molecule has 1 amide bonds. The van der Waals surface area contributed by atoms with Crippen LogP contribution in [0.1, 0.15) is 87.8 Å². The van der Waals surface area contributed by atoms with E-state index in [4.69, 9.17) is 23.2 Å². The Hall–Kier alpha value is -2.75. The lowest BCUT2D eigenvalue weighted by atomic mass is 9.66. The summed E-state index contributed by atoms with van der Waals surface area (Å²) >= 11 is 12.8. The Morgan fingerprint density at radius 3 is 2.13 bits per heavy atom. The van der Waals surface area contributed by atoms with Crippen molar-refractivity contribution in [3.63, 3.8) is 0 Å². The van der Waals surface area contributed by atoms with Crippen LogP contribution in [0, 0.1) is 11.3 Å². The second kappa shape index (κ2) is 14.6. The van der Waals surface area contributed by atoms with Gasteiger partial charge < -0.3 is 10.4 Å². The topological polar surface area (TPSA) is 104 Å². The van der Waals surface area contributed by atoms with Crippen LogP contribution in [0.2, 0.25) is 10.0 Å². The summed E-state index contributed by atoms with van der Waals surface area (Å²) in [6, 6.07) is 20.6. The molecule has 0 bridgehead atoms. The smallest absolute Gasteiger partial charge is 0.225 e. The summed E-state index contributed by atoms with van der Waals surface area (Å²) in [4.78, 5) is 27.3. The van der Waals surface area contributed by atoms with Gasteiger partial charge in [0.2, 0.25) is 5.91 Å². The quantitative estimate of drug-likeness (QED) is 0.199. The van der Waals surface area contributed by atoms with Crippen LogP contribution in [0.5, 0.6) is 0 Å². The number of ketones is 1. The van der Waals surface area contributed by atoms with E-state index in [1.165, 1.54) is 6.92 Å². The number of benzene rings is 3. The fourth-order valence-corrected chi connectivity index (χ4v) is 8.25. The summed E-state index contributed by atoms with van der Waals surface area (Å²) in [6.45, 7) is 10.6. The van der Waals surface area contributed by atoms with Gasteiger partial charge in [-0.05, 0) is 92.8 Å². The molecule has 46 heavy (non-hydrogen) atoms. The first kappa shape index (κ1) is 36.1. The van der Waals surface area contributed by atoms with E-state index in [-0.39, 0.29) is 35.7 Å². The number of nitrogens with zero attached hydrogens (tertiary/aromatic N) is 1. The maximum absolute atomic E-state index is 13.6. The number of piperidine rings is 1. The zero-order chi connectivity index (χ0) is 34.0. The van der Waals surface area contributed by atoms with Crippen LogP contribution in [-0.2, 0) is 14.6 Å². The number of nitrogens with one attached hydrogen (secondary N) is 1. The van der Waals surface area contributed by atoms with Crippen LogP contribution in [0.25, 0.3) is 0 Å². The molecule has 1 aliphatic rings.